The fraction of sp³-hybridized carbons (Fsp3) is 0.636. The van der Waals surface area contributed by atoms with Gasteiger partial charge in [0.15, 0.2) is 5.76 Å². The van der Waals surface area contributed by atoms with Crippen LogP contribution in [0, 0.1) is 13.8 Å². The number of hydrogen-bond acceptors (Lipinski definition) is 6. The number of ether oxygens (including phenoxy) is 1. The third-order valence-electron chi connectivity index (χ3n) is 2.57. The van der Waals surface area contributed by atoms with Crippen LogP contribution in [0.3, 0.4) is 0 Å². The summed E-state index contributed by atoms with van der Waals surface area (Å²) in [5.41, 5.74) is 0.281. The smallest absolute Gasteiger partial charge is 0.321 e. The molecule has 0 N–H and O–H groups in total. The van der Waals surface area contributed by atoms with Crippen LogP contribution in [-0.4, -0.2) is 44.0 Å². The molecule has 1 aromatic heterocycles. The molecule has 8 heteroatoms. The lowest BCUT2D eigenvalue weighted by Gasteiger charge is -2.19. The number of aromatic nitrogens is 1. The van der Waals surface area contributed by atoms with Crippen molar-refractivity contribution < 1.29 is 22.5 Å². The number of hydrogen-bond donors (Lipinski definition) is 0. The Morgan fingerprint density at radius 1 is 1.42 bits per heavy atom. The summed E-state index contributed by atoms with van der Waals surface area (Å²) in [5.74, 6) is -0.396. The molecule has 0 bridgehead atoms. The van der Waals surface area contributed by atoms with Crippen LogP contribution in [0.1, 0.15) is 24.8 Å². The van der Waals surface area contributed by atoms with Crippen molar-refractivity contribution in [1.29, 1.82) is 0 Å². The zero-order chi connectivity index (χ0) is 14.6. The van der Waals surface area contributed by atoms with E-state index < -0.39 is 16.0 Å². The van der Waals surface area contributed by atoms with Crippen LogP contribution < -0.4 is 0 Å². The zero-order valence-electron chi connectivity index (χ0n) is 11.5. The quantitative estimate of drug-likeness (QED) is 0.722. The molecule has 7 nitrogen and oxygen atoms in total. The predicted octanol–water partition coefficient (Wildman–Crippen LogP) is 0.865. The molecule has 0 aromatic carbocycles. The monoisotopic (exact) mass is 290 g/mol. The van der Waals surface area contributed by atoms with Crippen molar-refractivity contribution in [1.82, 2.24) is 9.46 Å². The highest BCUT2D eigenvalue weighted by molar-refractivity contribution is 7.89. The summed E-state index contributed by atoms with van der Waals surface area (Å²) in [5, 5.41) is 3.63. The average molecular weight is 290 g/mol. The number of nitrogens with zero attached hydrogens (tertiary/aromatic N) is 2. The van der Waals surface area contributed by atoms with E-state index in [2.05, 4.69) is 9.89 Å². The maximum atomic E-state index is 12.5. The third-order valence-corrected chi connectivity index (χ3v) is 4.66. The second kappa shape index (κ2) is 6.16. The van der Waals surface area contributed by atoms with Crippen LogP contribution in [0.15, 0.2) is 9.42 Å². The summed E-state index contributed by atoms with van der Waals surface area (Å²) in [7, 11) is -2.59. The van der Waals surface area contributed by atoms with Gasteiger partial charge in [-0.05, 0) is 20.3 Å². The maximum absolute atomic E-state index is 12.5. The van der Waals surface area contributed by atoms with Gasteiger partial charge in [0.2, 0.25) is 10.0 Å². The van der Waals surface area contributed by atoms with E-state index >= 15 is 0 Å². The first-order valence-corrected chi connectivity index (χ1v) is 7.28. The number of rotatable bonds is 6. The second-order valence-corrected chi connectivity index (χ2v) is 5.94. The largest absolute Gasteiger partial charge is 0.468 e. The molecule has 19 heavy (non-hydrogen) atoms. The highest BCUT2D eigenvalue weighted by Crippen LogP contribution is 2.23. The summed E-state index contributed by atoms with van der Waals surface area (Å²) in [4.78, 5) is 11.3. The third kappa shape index (κ3) is 3.32. The lowest BCUT2D eigenvalue weighted by atomic mass is 10.4. The molecule has 0 aliphatic carbocycles. The number of aryl methyl sites for hydroxylation is 2. The van der Waals surface area contributed by atoms with E-state index in [0.717, 1.165) is 4.31 Å². The molecule has 0 atom stereocenters. The van der Waals surface area contributed by atoms with Crippen LogP contribution in [0.25, 0.3) is 0 Å². The van der Waals surface area contributed by atoms with Crippen LogP contribution in [-0.2, 0) is 19.6 Å². The van der Waals surface area contributed by atoms with Crippen LogP contribution in [0.5, 0.6) is 0 Å². The molecule has 0 spiro atoms. The van der Waals surface area contributed by atoms with E-state index in [4.69, 9.17) is 4.52 Å². The Morgan fingerprint density at radius 3 is 2.47 bits per heavy atom. The standard InChI is InChI=1S/C11H18N2O5S/c1-5-6-13(7-10(14)17-4)19(15,16)11-8(2)12-18-9(11)3/h5-7H2,1-4H3. The Labute approximate surface area is 112 Å². The normalized spacial score (nSPS) is 11.8. The van der Waals surface area contributed by atoms with Crippen molar-refractivity contribution in [2.45, 2.75) is 32.1 Å². The number of carbonyl (C=O) groups is 1. The van der Waals surface area contributed by atoms with Crippen molar-refractivity contribution in [3.63, 3.8) is 0 Å². The first-order chi connectivity index (χ1) is 8.84. The first-order valence-electron chi connectivity index (χ1n) is 5.84. The van der Waals surface area contributed by atoms with E-state index in [9.17, 15) is 13.2 Å². The van der Waals surface area contributed by atoms with Crippen molar-refractivity contribution in [2.24, 2.45) is 0 Å². The molecule has 0 unspecified atom stereocenters. The molecule has 0 aliphatic rings. The van der Waals surface area contributed by atoms with Gasteiger partial charge < -0.3 is 9.26 Å². The summed E-state index contributed by atoms with van der Waals surface area (Å²) in [6, 6.07) is 0. The van der Waals surface area contributed by atoms with Crippen LogP contribution >= 0.6 is 0 Å². The molecule has 108 valence electrons. The Morgan fingerprint density at radius 2 is 2.05 bits per heavy atom. The van der Waals surface area contributed by atoms with E-state index in [0.29, 0.717) is 6.42 Å². The van der Waals surface area contributed by atoms with Gasteiger partial charge in [0.25, 0.3) is 0 Å². The van der Waals surface area contributed by atoms with Gasteiger partial charge in [0, 0.05) is 6.54 Å². The molecule has 0 radical (unpaired) electrons. The number of carbonyl (C=O) groups excluding carboxylic acids is 1. The van der Waals surface area contributed by atoms with Gasteiger partial charge in [-0.1, -0.05) is 12.1 Å². The van der Waals surface area contributed by atoms with E-state index in [1.54, 1.807) is 6.92 Å². The summed E-state index contributed by atoms with van der Waals surface area (Å²) < 4.78 is 35.4. The molecule has 0 aliphatic heterocycles. The number of esters is 1. The van der Waals surface area contributed by atoms with Crippen molar-refractivity contribution >= 4 is 16.0 Å². The summed E-state index contributed by atoms with van der Waals surface area (Å²) in [6.45, 7) is 4.80. The molecule has 0 saturated carbocycles. The second-order valence-electron chi connectivity index (χ2n) is 4.07. The van der Waals surface area contributed by atoms with Gasteiger partial charge in [-0.2, -0.15) is 4.31 Å². The fourth-order valence-corrected chi connectivity index (χ4v) is 3.48. The molecular weight excluding hydrogens is 272 g/mol. The number of methoxy groups -OCH3 is 1. The lowest BCUT2D eigenvalue weighted by molar-refractivity contribution is -0.140. The van der Waals surface area contributed by atoms with Gasteiger partial charge in [-0.25, -0.2) is 8.42 Å². The van der Waals surface area contributed by atoms with Crippen LogP contribution in [0.4, 0.5) is 0 Å². The molecule has 0 saturated heterocycles. The Bertz CT molecular complexity index is 530. The Balaban J connectivity index is 3.17. The molecule has 1 rings (SSSR count). The highest BCUT2D eigenvalue weighted by atomic mass is 32.2. The Hall–Kier alpha value is -1.41. The van der Waals surface area contributed by atoms with Gasteiger partial charge in [-0.15, -0.1) is 0 Å². The molecule has 0 fully saturated rings. The molecular formula is C11H18N2O5S. The van der Waals surface area contributed by atoms with E-state index in [1.807, 2.05) is 6.92 Å². The lowest BCUT2D eigenvalue weighted by Crippen LogP contribution is -2.37. The highest BCUT2D eigenvalue weighted by Gasteiger charge is 2.31. The fourth-order valence-electron chi connectivity index (χ4n) is 1.71. The minimum Gasteiger partial charge on any atom is -0.468 e. The van der Waals surface area contributed by atoms with Crippen molar-refractivity contribution in [2.75, 3.05) is 20.2 Å². The van der Waals surface area contributed by atoms with Crippen molar-refractivity contribution in [3.05, 3.63) is 11.5 Å². The molecule has 1 heterocycles. The summed E-state index contributed by atoms with van der Waals surface area (Å²) in [6.07, 6.45) is 0.583. The van der Waals surface area contributed by atoms with E-state index in [1.165, 1.54) is 14.0 Å². The summed E-state index contributed by atoms with van der Waals surface area (Å²) >= 11 is 0. The zero-order valence-corrected chi connectivity index (χ0v) is 12.3. The number of sulfonamides is 1. The van der Waals surface area contributed by atoms with Crippen molar-refractivity contribution in [3.8, 4) is 0 Å². The maximum Gasteiger partial charge on any atom is 0.321 e. The SMILES string of the molecule is CCCN(CC(=O)OC)S(=O)(=O)c1c(C)noc1C. The minimum absolute atomic E-state index is 0.0184. The van der Waals surface area contributed by atoms with Gasteiger partial charge in [-0.3, -0.25) is 4.79 Å². The minimum atomic E-state index is -3.81. The Kier molecular flexibility index (Phi) is 5.07. The van der Waals surface area contributed by atoms with Gasteiger partial charge in [0.05, 0.1) is 7.11 Å². The van der Waals surface area contributed by atoms with E-state index in [-0.39, 0.29) is 29.4 Å². The first kappa shape index (κ1) is 15.6. The average Bonchev–Trinajstić information content (AvgIpc) is 2.68. The predicted molar refractivity (Wildman–Crippen MR) is 67.0 cm³/mol. The molecule has 0 amide bonds. The van der Waals surface area contributed by atoms with Gasteiger partial charge in [0.1, 0.15) is 17.1 Å². The van der Waals surface area contributed by atoms with Gasteiger partial charge >= 0.3 is 5.97 Å². The topological polar surface area (TPSA) is 89.7 Å². The van der Waals surface area contributed by atoms with Crippen LogP contribution in [0.2, 0.25) is 0 Å². The molecule has 1 aromatic rings.